The van der Waals surface area contributed by atoms with Crippen molar-refractivity contribution in [1.29, 1.82) is 0 Å². The van der Waals surface area contributed by atoms with E-state index in [1.54, 1.807) is 68.4 Å². The highest BCUT2D eigenvalue weighted by Crippen LogP contribution is 2.23. The van der Waals surface area contributed by atoms with Crippen LogP contribution in [0, 0.1) is 88.8 Å². The molecule has 0 spiro atoms. The van der Waals surface area contributed by atoms with Crippen molar-refractivity contribution in [2.45, 2.75) is 341 Å². The molecular formula is C118H187N19O7. The maximum Gasteiger partial charge on any atom is 0.326 e. The van der Waals surface area contributed by atoms with Crippen LogP contribution < -0.4 is 5.32 Å². The van der Waals surface area contributed by atoms with Gasteiger partial charge in [0, 0.05) is 149 Å². The van der Waals surface area contributed by atoms with Crippen molar-refractivity contribution < 1.29 is 33.0 Å². The average Bonchev–Trinajstić information content (AvgIpc) is 1.10. The number of ether oxygens (including phenoxy) is 4. The SMILES string of the molecule is CC(C)CC1CCCO1.CC(C)CC1CCO1.CC(C)CC1COC1=O.CC(C)Cc1ccccn1.CC(C)Cc1cccnc1.CC(C)Cc1cccnn1.CC(C)Cc1ccco1.CC(C)Cc1ccncc1.CC(C)Cc1ccncn1.CC(C)Cc1ccnnc1.CC(C)Cc1cnccn1.CC(C)Cc1cnccn1.CC(C)Cc1ncccn1.CC(C)Cc1ncncn1.CC(C)NC1COC1=O. The molecule has 796 valence electrons. The van der Waals surface area contributed by atoms with Gasteiger partial charge in [0.2, 0.25) is 0 Å². The zero-order valence-corrected chi connectivity index (χ0v) is 93.9. The van der Waals surface area contributed by atoms with E-state index in [2.05, 4.69) is 323 Å². The Balaban J connectivity index is 0.000000772. The molecule has 11 aromatic rings. The van der Waals surface area contributed by atoms with E-state index in [1.165, 1.54) is 67.1 Å². The molecule has 4 unspecified atom stereocenters. The number of aromatic nitrogens is 18. The summed E-state index contributed by atoms with van der Waals surface area (Å²) in [7, 11) is 0. The van der Waals surface area contributed by atoms with Crippen LogP contribution in [0.15, 0.2) is 220 Å². The Morgan fingerprint density at radius 3 is 1.12 bits per heavy atom. The first kappa shape index (κ1) is 131. The van der Waals surface area contributed by atoms with Gasteiger partial charge in [-0.25, -0.2) is 34.9 Å². The predicted octanol–water partition coefficient (Wildman–Crippen LogP) is 25.6. The number of hydrogen-bond acceptors (Lipinski definition) is 26. The molecule has 26 nitrogen and oxygen atoms in total. The summed E-state index contributed by atoms with van der Waals surface area (Å²) < 4.78 is 25.0. The molecule has 11 aromatic heterocycles. The van der Waals surface area contributed by atoms with Crippen LogP contribution in [-0.2, 0) is 99.2 Å². The molecule has 4 aliphatic rings. The van der Waals surface area contributed by atoms with Gasteiger partial charge in [0.05, 0.1) is 47.7 Å². The molecule has 4 aliphatic heterocycles. The van der Waals surface area contributed by atoms with Crippen LogP contribution in [0.5, 0.6) is 0 Å². The zero-order chi connectivity index (χ0) is 107. The maximum absolute atomic E-state index is 10.5. The Morgan fingerprint density at radius 1 is 0.299 bits per heavy atom. The fraction of sp³-hybridized carbons (Fsp3) is 0.593. The Hall–Kier alpha value is -11.0. The van der Waals surface area contributed by atoms with Gasteiger partial charge in [-0.15, -0.1) is 0 Å². The summed E-state index contributed by atoms with van der Waals surface area (Å²) in [6, 6.07) is 28.3. The van der Waals surface area contributed by atoms with Crippen molar-refractivity contribution in [2.75, 3.05) is 26.4 Å². The zero-order valence-electron chi connectivity index (χ0n) is 93.9. The number of carbonyl (C=O) groups excluding carboxylic acids is 2. The highest BCUT2D eigenvalue weighted by molar-refractivity contribution is 5.80. The topological polar surface area (TPSA) is 328 Å². The van der Waals surface area contributed by atoms with E-state index in [9.17, 15) is 9.59 Å². The third-order valence-corrected chi connectivity index (χ3v) is 19.9. The number of furan rings is 1. The summed E-state index contributed by atoms with van der Waals surface area (Å²) in [5.74, 6) is 12.7. The molecule has 4 fully saturated rings. The largest absolute Gasteiger partial charge is 0.469 e. The number of nitrogens with one attached hydrogen (secondary N) is 1. The lowest BCUT2D eigenvalue weighted by atomic mass is 9.95. The van der Waals surface area contributed by atoms with Gasteiger partial charge in [0.15, 0.2) is 0 Å². The van der Waals surface area contributed by atoms with Crippen molar-refractivity contribution in [3.63, 3.8) is 0 Å². The van der Waals surface area contributed by atoms with Gasteiger partial charge >= 0.3 is 11.9 Å². The summed E-state index contributed by atoms with van der Waals surface area (Å²) in [6.07, 6.45) is 56.8. The van der Waals surface area contributed by atoms with Crippen molar-refractivity contribution >= 4 is 11.9 Å². The second-order valence-electron chi connectivity index (χ2n) is 42.6. The first-order valence-corrected chi connectivity index (χ1v) is 52.8. The summed E-state index contributed by atoms with van der Waals surface area (Å²) in [6.45, 7) is 68.5. The van der Waals surface area contributed by atoms with Gasteiger partial charge in [-0.1, -0.05) is 220 Å². The molecule has 4 atom stereocenters. The second kappa shape index (κ2) is 83.2. The molecule has 15 rings (SSSR count). The lowest BCUT2D eigenvalue weighted by Crippen LogP contribution is -2.52. The summed E-state index contributed by atoms with van der Waals surface area (Å²) in [5, 5.41) is 18.3. The van der Waals surface area contributed by atoms with Crippen LogP contribution in [0.2, 0.25) is 0 Å². The molecule has 4 saturated heterocycles. The normalized spacial score (nSPS) is 14.3. The van der Waals surface area contributed by atoms with Crippen LogP contribution >= 0.6 is 0 Å². The third kappa shape index (κ3) is 79.4. The van der Waals surface area contributed by atoms with E-state index in [0.717, 1.165) is 154 Å². The number of hydrogen-bond donors (Lipinski definition) is 1. The van der Waals surface area contributed by atoms with Crippen molar-refractivity contribution in [3.8, 4) is 0 Å². The fourth-order valence-electron chi connectivity index (χ4n) is 13.7. The molecule has 15 heterocycles. The summed E-state index contributed by atoms with van der Waals surface area (Å²) >= 11 is 0. The van der Waals surface area contributed by atoms with Crippen LogP contribution in [0.4, 0.5) is 0 Å². The fourth-order valence-corrected chi connectivity index (χ4v) is 13.7. The molecular weight excluding hydrogens is 1800 g/mol. The molecule has 0 aromatic carbocycles. The molecule has 0 saturated carbocycles. The number of cyclic esters (lactones) is 2. The number of nitrogens with zero attached hydrogens (tertiary/aromatic N) is 18. The highest BCUT2D eigenvalue weighted by Gasteiger charge is 2.31. The Labute approximate surface area is 869 Å². The molecule has 144 heavy (non-hydrogen) atoms. The van der Waals surface area contributed by atoms with Crippen molar-refractivity contribution in [2.24, 2.45) is 88.8 Å². The van der Waals surface area contributed by atoms with E-state index in [-0.39, 0.29) is 23.9 Å². The quantitative estimate of drug-likeness (QED) is 0.0409. The molecule has 0 amide bonds. The van der Waals surface area contributed by atoms with Crippen LogP contribution in [0.1, 0.15) is 309 Å². The molecule has 26 heteroatoms. The number of rotatable bonds is 30. The lowest BCUT2D eigenvalue weighted by molar-refractivity contribution is -0.169. The lowest BCUT2D eigenvalue weighted by Gasteiger charge is -2.27. The van der Waals surface area contributed by atoms with Gasteiger partial charge in [-0.3, -0.25) is 49.8 Å². The Bertz CT molecular complexity index is 3890. The molecule has 0 radical (unpaired) electrons. The minimum absolute atomic E-state index is 0.0105. The van der Waals surface area contributed by atoms with Crippen LogP contribution in [0.25, 0.3) is 0 Å². The van der Waals surface area contributed by atoms with E-state index in [4.69, 9.17) is 13.9 Å². The Morgan fingerprint density at radius 2 is 0.750 bits per heavy atom. The molecule has 1 N–H and O–H groups in total. The van der Waals surface area contributed by atoms with Gasteiger partial charge in [-0.2, -0.15) is 20.4 Å². The minimum atomic E-state index is -0.122. The Kier molecular flexibility index (Phi) is 75.8. The first-order chi connectivity index (χ1) is 68.6. The minimum Gasteiger partial charge on any atom is -0.469 e. The number of pyridine rings is 3. The van der Waals surface area contributed by atoms with E-state index >= 15 is 0 Å². The monoisotopic (exact) mass is 1980 g/mol. The highest BCUT2D eigenvalue weighted by atomic mass is 16.6. The molecule has 0 aliphatic carbocycles. The second-order valence-corrected chi connectivity index (χ2v) is 42.6. The number of carbonyl (C=O) groups is 2. The predicted molar refractivity (Wildman–Crippen MR) is 587 cm³/mol. The van der Waals surface area contributed by atoms with E-state index in [0.29, 0.717) is 90.6 Å². The van der Waals surface area contributed by atoms with E-state index < -0.39 is 0 Å². The maximum atomic E-state index is 10.5. The van der Waals surface area contributed by atoms with Crippen molar-refractivity contribution in [1.82, 2.24) is 95.5 Å². The summed E-state index contributed by atoms with van der Waals surface area (Å²) in [4.78, 5) is 77.4. The van der Waals surface area contributed by atoms with Crippen LogP contribution in [-0.4, -0.2) is 153 Å². The summed E-state index contributed by atoms with van der Waals surface area (Å²) in [5.41, 5.74) is 9.54. The van der Waals surface area contributed by atoms with Crippen LogP contribution in [0.3, 0.4) is 0 Å². The van der Waals surface area contributed by atoms with Gasteiger partial charge in [0.1, 0.15) is 55.6 Å². The smallest absolute Gasteiger partial charge is 0.326 e. The third-order valence-electron chi connectivity index (χ3n) is 19.9. The van der Waals surface area contributed by atoms with Gasteiger partial charge < -0.3 is 23.4 Å². The van der Waals surface area contributed by atoms with Gasteiger partial charge in [0.25, 0.3) is 0 Å². The number of esters is 2. The van der Waals surface area contributed by atoms with E-state index in [1.807, 2.05) is 124 Å². The molecule has 0 bridgehead atoms. The standard InChI is InChI=1S/3C9H13N.6C8H12N2.C8H16O.C8H12O.C7H11N3.C7H12O2.C7H14O.C6H11NO2/c1-8(2)7-9-3-5-10-6-4-9;1-8(2)6-9-4-3-5-10-7-9;1-8(2)7-9-5-3-4-6-10-9;2*1-7(2)5-8-6-9-3-4-10-8;1-7(2)5-8-3-4-9-6-10-8;1-7(2)5-8-3-4-9-10-6-8;1-7(2)6-8-9-4-3-5-10-8;1-7(2)6-8-4-3-5-9-10-8;2*1-7(2)6-8-4-3-5-9-8;1-6(2)3-7-9-4-8-5-10-7;1-5(2)3-6-4-9-7(6)8;1-6(2)5-7-3-4-8-7;1-4(2)7-5-3-9-6(5)8/h3-6,8H,7H2,1-2H3;3-5,7-8H,6H2,1-2H3;3-6,8H,7H2,1-2H3;4*3-4,6-7H,5H2,1-2H3;2*3-5,7H,6H2,1-2H3;7-8H,3-6H2,1-2H3;3-5,7H,6H2,1-2H3;4-6H,3H2,1-2H3;5-6H,3-4H2,1-2H3;6-7H,3-5H2,1-2H3;4-5,7H,3H2,1-2H3. The average molecular weight is 1980 g/mol. The van der Waals surface area contributed by atoms with Gasteiger partial charge in [-0.05, 0) is 262 Å². The van der Waals surface area contributed by atoms with Crippen molar-refractivity contribution in [3.05, 3.63) is 278 Å². The first-order valence-electron chi connectivity index (χ1n) is 52.8.